The standard InChI is InChI=1S/C25H29NO3/c1-17(2)24(26-22-12-10-18(3)11-13-22)25(27)28-16-21-15-23(29-19(21)4)14-20-8-6-5-7-9-20/h5-13,15,17,24,26H,14,16H2,1-4H3/t24-/m0/s1. The molecule has 0 bridgehead atoms. The fraction of sp³-hybridized carbons (Fsp3) is 0.320. The summed E-state index contributed by atoms with van der Waals surface area (Å²) in [5, 5.41) is 3.30. The van der Waals surface area contributed by atoms with E-state index in [2.05, 4.69) is 17.4 Å². The van der Waals surface area contributed by atoms with E-state index in [1.54, 1.807) is 0 Å². The lowest BCUT2D eigenvalue weighted by Crippen LogP contribution is -2.36. The molecule has 1 aromatic heterocycles. The Hall–Kier alpha value is -3.01. The quantitative estimate of drug-likeness (QED) is 0.503. The van der Waals surface area contributed by atoms with Crippen LogP contribution in [0.15, 0.2) is 65.1 Å². The van der Waals surface area contributed by atoms with Gasteiger partial charge in [-0.3, -0.25) is 0 Å². The van der Waals surface area contributed by atoms with Crippen LogP contribution in [-0.2, 0) is 22.6 Å². The van der Waals surface area contributed by atoms with Crippen LogP contribution in [-0.4, -0.2) is 12.0 Å². The first-order valence-electron chi connectivity index (χ1n) is 10.0. The van der Waals surface area contributed by atoms with Gasteiger partial charge in [0, 0.05) is 17.7 Å². The summed E-state index contributed by atoms with van der Waals surface area (Å²) in [5.74, 6) is 1.50. The Labute approximate surface area is 172 Å². The molecule has 1 N–H and O–H groups in total. The van der Waals surface area contributed by atoms with E-state index in [0.29, 0.717) is 0 Å². The van der Waals surface area contributed by atoms with Crippen LogP contribution in [0.25, 0.3) is 0 Å². The predicted octanol–water partition coefficient (Wildman–Crippen LogP) is 5.67. The van der Waals surface area contributed by atoms with E-state index >= 15 is 0 Å². The summed E-state index contributed by atoms with van der Waals surface area (Å²) in [7, 11) is 0. The van der Waals surface area contributed by atoms with Crippen LogP contribution in [0.2, 0.25) is 0 Å². The average Bonchev–Trinajstić information content (AvgIpc) is 3.05. The highest BCUT2D eigenvalue weighted by atomic mass is 16.5. The first-order chi connectivity index (χ1) is 13.9. The fourth-order valence-electron chi connectivity index (χ4n) is 3.18. The summed E-state index contributed by atoms with van der Waals surface area (Å²) in [6.07, 6.45) is 0.721. The molecule has 29 heavy (non-hydrogen) atoms. The predicted molar refractivity (Wildman–Crippen MR) is 116 cm³/mol. The van der Waals surface area contributed by atoms with Gasteiger partial charge >= 0.3 is 5.97 Å². The molecule has 4 nitrogen and oxygen atoms in total. The van der Waals surface area contributed by atoms with Crippen molar-refractivity contribution >= 4 is 11.7 Å². The number of nitrogens with one attached hydrogen (secondary N) is 1. The highest BCUT2D eigenvalue weighted by molar-refractivity contribution is 5.79. The average molecular weight is 392 g/mol. The molecule has 0 aliphatic carbocycles. The Kier molecular flexibility index (Phi) is 6.76. The first kappa shape index (κ1) is 20.7. The Morgan fingerprint density at radius 2 is 1.72 bits per heavy atom. The van der Waals surface area contributed by atoms with Crippen LogP contribution >= 0.6 is 0 Å². The number of ether oxygens (including phenoxy) is 1. The highest BCUT2D eigenvalue weighted by Gasteiger charge is 2.24. The van der Waals surface area contributed by atoms with E-state index in [-0.39, 0.29) is 18.5 Å². The van der Waals surface area contributed by atoms with Crippen molar-refractivity contribution < 1.29 is 13.9 Å². The number of rotatable bonds is 8. The number of benzene rings is 2. The molecule has 4 heteroatoms. The van der Waals surface area contributed by atoms with Crippen LogP contribution < -0.4 is 5.32 Å². The number of carbonyl (C=O) groups is 1. The zero-order valence-electron chi connectivity index (χ0n) is 17.6. The van der Waals surface area contributed by atoms with Crippen molar-refractivity contribution in [3.8, 4) is 0 Å². The maximum absolute atomic E-state index is 12.7. The first-order valence-corrected chi connectivity index (χ1v) is 10.0. The zero-order chi connectivity index (χ0) is 20.8. The molecule has 1 atom stereocenters. The third-order valence-corrected chi connectivity index (χ3v) is 4.96. The molecule has 2 aromatic carbocycles. The molecule has 0 fully saturated rings. The van der Waals surface area contributed by atoms with Gasteiger partial charge in [-0.25, -0.2) is 4.79 Å². The number of anilines is 1. The Morgan fingerprint density at radius 3 is 2.38 bits per heavy atom. The minimum Gasteiger partial charge on any atom is -0.466 e. The van der Waals surface area contributed by atoms with Gasteiger partial charge < -0.3 is 14.5 Å². The Bertz CT molecular complexity index is 926. The van der Waals surface area contributed by atoms with Crippen molar-refractivity contribution in [3.63, 3.8) is 0 Å². The van der Waals surface area contributed by atoms with Gasteiger partial charge in [0.1, 0.15) is 24.2 Å². The summed E-state index contributed by atoms with van der Waals surface area (Å²) in [6, 6.07) is 19.7. The minimum absolute atomic E-state index is 0.0999. The maximum Gasteiger partial charge on any atom is 0.329 e. The van der Waals surface area contributed by atoms with E-state index in [9.17, 15) is 4.79 Å². The van der Waals surface area contributed by atoms with Crippen LogP contribution in [0.3, 0.4) is 0 Å². The van der Waals surface area contributed by atoms with Gasteiger partial charge in [0.25, 0.3) is 0 Å². The van der Waals surface area contributed by atoms with Gasteiger partial charge in [-0.15, -0.1) is 0 Å². The summed E-state index contributed by atoms with van der Waals surface area (Å²) >= 11 is 0. The van der Waals surface area contributed by atoms with Crippen LogP contribution in [0.5, 0.6) is 0 Å². The van der Waals surface area contributed by atoms with E-state index in [1.165, 1.54) is 11.1 Å². The van der Waals surface area contributed by atoms with Gasteiger partial charge in [-0.2, -0.15) is 0 Å². The lowest BCUT2D eigenvalue weighted by atomic mass is 10.0. The van der Waals surface area contributed by atoms with Gasteiger partial charge in [-0.1, -0.05) is 61.9 Å². The Morgan fingerprint density at radius 1 is 1.03 bits per heavy atom. The Balaban J connectivity index is 1.61. The van der Waals surface area contributed by atoms with Crippen molar-refractivity contribution in [1.29, 1.82) is 0 Å². The van der Waals surface area contributed by atoms with E-state index in [1.807, 2.05) is 76.2 Å². The highest BCUT2D eigenvalue weighted by Crippen LogP contribution is 2.20. The summed E-state index contributed by atoms with van der Waals surface area (Å²) in [4.78, 5) is 12.7. The topological polar surface area (TPSA) is 51.5 Å². The summed E-state index contributed by atoms with van der Waals surface area (Å²) in [5.41, 5.74) is 4.19. The molecule has 0 amide bonds. The second kappa shape index (κ2) is 9.46. The number of carbonyl (C=O) groups excluding carboxylic acids is 1. The molecule has 0 radical (unpaired) electrons. The molecule has 0 aliphatic rings. The van der Waals surface area contributed by atoms with Gasteiger partial charge in [-0.05, 0) is 43.5 Å². The lowest BCUT2D eigenvalue weighted by Gasteiger charge is -2.22. The lowest BCUT2D eigenvalue weighted by molar-refractivity contribution is -0.146. The van der Waals surface area contributed by atoms with Gasteiger partial charge in [0.05, 0.1) is 0 Å². The van der Waals surface area contributed by atoms with Crippen molar-refractivity contribution in [1.82, 2.24) is 0 Å². The summed E-state index contributed by atoms with van der Waals surface area (Å²) in [6.45, 7) is 8.17. The third-order valence-electron chi connectivity index (χ3n) is 4.96. The molecule has 0 saturated heterocycles. The number of esters is 1. The van der Waals surface area contributed by atoms with Crippen molar-refractivity contribution in [2.75, 3.05) is 5.32 Å². The zero-order valence-corrected chi connectivity index (χ0v) is 17.6. The van der Waals surface area contributed by atoms with Crippen LogP contribution in [0, 0.1) is 19.8 Å². The monoisotopic (exact) mass is 391 g/mol. The van der Waals surface area contributed by atoms with E-state index in [4.69, 9.17) is 9.15 Å². The second-order valence-corrected chi connectivity index (χ2v) is 7.80. The number of aryl methyl sites for hydroxylation is 2. The molecule has 3 rings (SSSR count). The number of hydrogen-bond donors (Lipinski definition) is 1. The summed E-state index contributed by atoms with van der Waals surface area (Å²) < 4.78 is 11.5. The van der Waals surface area contributed by atoms with Crippen LogP contribution in [0.4, 0.5) is 5.69 Å². The molecule has 0 saturated carbocycles. The van der Waals surface area contributed by atoms with Gasteiger partial charge in [0.2, 0.25) is 0 Å². The molecule has 0 aliphatic heterocycles. The molecule has 152 valence electrons. The van der Waals surface area contributed by atoms with E-state index in [0.717, 1.165) is 29.2 Å². The number of furan rings is 1. The fourth-order valence-corrected chi connectivity index (χ4v) is 3.18. The van der Waals surface area contributed by atoms with Gasteiger partial charge in [0.15, 0.2) is 0 Å². The van der Waals surface area contributed by atoms with Crippen molar-refractivity contribution in [2.45, 2.75) is 46.8 Å². The largest absolute Gasteiger partial charge is 0.466 e. The van der Waals surface area contributed by atoms with Crippen molar-refractivity contribution in [3.05, 3.63) is 88.9 Å². The third kappa shape index (κ3) is 5.74. The molecule has 0 unspecified atom stereocenters. The SMILES string of the molecule is Cc1ccc(N[C@H](C(=O)OCc2cc(Cc3ccccc3)oc2C)C(C)C)cc1. The molecular weight excluding hydrogens is 362 g/mol. The number of hydrogen-bond acceptors (Lipinski definition) is 4. The minimum atomic E-state index is -0.409. The maximum atomic E-state index is 12.7. The van der Waals surface area contributed by atoms with E-state index < -0.39 is 6.04 Å². The smallest absolute Gasteiger partial charge is 0.329 e. The molecule has 3 aromatic rings. The van der Waals surface area contributed by atoms with Crippen LogP contribution in [0.1, 0.15) is 42.1 Å². The molecule has 1 heterocycles. The van der Waals surface area contributed by atoms with Crippen molar-refractivity contribution in [2.24, 2.45) is 5.92 Å². The molecule has 0 spiro atoms. The normalized spacial score (nSPS) is 12.0. The second-order valence-electron chi connectivity index (χ2n) is 7.80. The molecular formula is C25H29NO3.